The van der Waals surface area contributed by atoms with Gasteiger partial charge in [-0.25, -0.2) is 14.1 Å². The first-order valence-electron chi connectivity index (χ1n) is 10.8. The van der Waals surface area contributed by atoms with Gasteiger partial charge in [0.05, 0.1) is 39.0 Å². The Kier molecular flexibility index (Phi) is 6.64. The van der Waals surface area contributed by atoms with Crippen molar-refractivity contribution in [2.45, 2.75) is 30.8 Å². The zero-order chi connectivity index (χ0) is 24.7. The molecule has 5 rings (SSSR count). The van der Waals surface area contributed by atoms with E-state index in [1.807, 2.05) is 12.1 Å². The fourth-order valence-corrected chi connectivity index (χ4v) is 5.11. The summed E-state index contributed by atoms with van der Waals surface area (Å²) in [7, 11) is 1.65. The number of aliphatic hydroxyl groups excluding tert-OH is 2. The maximum Gasteiger partial charge on any atom is 0.255 e. The lowest BCUT2D eigenvalue weighted by atomic mass is 9.94. The molecule has 0 radical (unpaired) electrons. The summed E-state index contributed by atoms with van der Waals surface area (Å²) in [5.41, 5.74) is 4.20. The zero-order valence-corrected chi connectivity index (χ0v) is 20.9. The molecule has 1 aliphatic rings. The van der Waals surface area contributed by atoms with Crippen molar-refractivity contribution in [1.82, 2.24) is 20.0 Å². The monoisotopic (exact) mass is 561 g/mol. The van der Waals surface area contributed by atoms with E-state index in [1.165, 1.54) is 27.0 Å². The van der Waals surface area contributed by atoms with Gasteiger partial charge in [0.25, 0.3) is 5.91 Å². The number of rotatable bonds is 5. The van der Waals surface area contributed by atoms with Gasteiger partial charge in [-0.3, -0.25) is 4.79 Å². The lowest BCUT2D eigenvalue weighted by molar-refractivity contribution is -0.169. The van der Waals surface area contributed by atoms with Crippen LogP contribution in [0.2, 0.25) is 0 Å². The van der Waals surface area contributed by atoms with Crippen molar-refractivity contribution in [2.75, 3.05) is 18.6 Å². The third-order valence-corrected chi connectivity index (χ3v) is 7.56. The van der Waals surface area contributed by atoms with Gasteiger partial charge in [-0.1, -0.05) is 11.3 Å². The summed E-state index contributed by atoms with van der Waals surface area (Å²) < 4.78 is 22.5. The second kappa shape index (κ2) is 9.70. The predicted molar refractivity (Wildman–Crippen MR) is 132 cm³/mol. The molecule has 1 aliphatic heterocycles. The molecule has 4 atom stereocenters. The van der Waals surface area contributed by atoms with Crippen LogP contribution in [-0.2, 0) is 9.53 Å². The second-order valence-corrected chi connectivity index (χ2v) is 9.99. The molecule has 12 heteroatoms. The molecule has 2 aromatic heterocycles. The van der Waals surface area contributed by atoms with Crippen LogP contribution in [0.1, 0.15) is 12.5 Å². The van der Waals surface area contributed by atoms with Crippen molar-refractivity contribution in [2.24, 2.45) is 0 Å². The third kappa shape index (κ3) is 4.59. The molecular weight excluding hydrogens is 541 g/mol. The molecule has 4 unspecified atom stereocenters. The summed E-state index contributed by atoms with van der Waals surface area (Å²) in [5, 5.41) is 28.9. The fourth-order valence-electron chi connectivity index (χ4n) is 4.15. The Hall–Kier alpha value is -2.77. The van der Waals surface area contributed by atoms with E-state index in [2.05, 4.69) is 31.2 Å². The minimum atomic E-state index is -1.13. The Morgan fingerprint density at radius 2 is 2.17 bits per heavy atom. The molecule has 1 saturated heterocycles. The minimum absolute atomic E-state index is 0.112. The molecule has 0 aliphatic carbocycles. The summed E-state index contributed by atoms with van der Waals surface area (Å²) in [6.45, 7) is -0.475. The van der Waals surface area contributed by atoms with Crippen LogP contribution < -0.4 is 4.90 Å². The number of aromatic nitrogens is 4. The normalized spacial score (nSPS) is 22.4. The van der Waals surface area contributed by atoms with E-state index < -0.39 is 36.8 Å². The maximum absolute atomic E-state index is 14.0. The van der Waals surface area contributed by atoms with Gasteiger partial charge in [-0.05, 0) is 46.3 Å². The van der Waals surface area contributed by atoms with Gasteiger partial charge in [0.2, 0.25) is 0 Å². The van der Waals surface area contributed by atoms with E-state index in [4.69, 9.17) is 4.74 Å². The lowest BCUT2D eigenvalue weighted by Gasteiger charge is -2.39. The molecule has 2 N–H and O–H groups in total. The van der Waals surface area contributed by atoms with E-state index in [-0.39, 0.29) is 12.3 Å². The largest absolute Gasteiger partial charge is 0.394 e. The molecule has 9 nitrogen and oxygen atoms in total. The Bertz CT molecular complexity index is 1380. The van der Waals surface area contributed by atoms with E-state index >= 15 is 0 Å². The number of thiazole rings is 1. The lowest BCUT2D eigenvalue weighted by Crippen LogP contribution is -2.52. The number of ether oxygens (including phenoxy) is 1. The van der Waals surface area contributed by atoms with Gasteiger partial charge in [-0.15, -0.1) is 16.4 Å². The number of nitrogens with zero attached hydrogens (tertiary/aromatic N) is 5. The van der Waals surface area contributed by atoms with Crippen molar-refractivity contribution in [3.8, 4) is 11.3 Å². The topological polar surface area (TPSA) is 114 Å². The van der Waals surface area contributed by atoms with Crippen molar-refractivity contribution in [3.63, 3.8) is 0 Å². The number of benzene rings is 2. The van der Waals surface area contributed by atoms with Crippen LogP contribution in [0.15, 0.2) is 52.6 Å². The van der Waals surface area contributed by atoms with Crippen LogP contribution in [0, 0.1) is 5.82 Å². The van der Waals surface area contributed by atoms with Gasteiger partial charge in [0.15, 0.2) is 0 Å². The van der Waals surface area contributed by atoms with Crippen LogP contribution in [-0.4, -0.2) is 68.1 Å². The quantitative estimate of drug-likeness (QED) is 0.384. The highest BCUT2D eigenvalue weighted by Gasteiger charge is 2.42. The number of likely N-dealkylation sites (N-methyl/N-ethyl adjacent to an activating group) is 1. The second-order valence-electron chi connectivity index (χ2n) is 8.25. The number of aliphatic hydroxyl groups is 2. The van der Waals surface area contributed by atoms with Crippen molar-refractivity contribution < 1.29 is 24.1 Å². The molecule has 3 heterocycles. The SMILES string of the molecule is CN(C(=O)C1CC(n2cc(-c3ccc(Br)c(F)c3)nn2)C(O)C(CO)O1)c1ccc2ncsc2c1. The zero-order valence-electron chi connectivity index (χ0n) is 18.5. The van der Waals surface area contributed by atoms with Crippen molar-refractivity contribution in [3.05, 3.63) is 58.4 Å². The van der Waals surface area contributed by atoms with Gasteiger partial charge in [-0.2, -0.15) is 0 Å². The highest BCUT2D eigenvalue weighted by molar-refractivity contribution is 9.10. The number of hydrogen-bond donors (Lipinski definition) is 2. The maximum atomic E-state index is 14.0. The average Bonchev–Trinajstić information content (AvgIpc) is 3.54. The van der Waals surface area contributed by atoms with Gasteiger partial charge < -0.3 is 19.8 Å². The predicted octanol–water partition coefficient (Wildman–Crippen LogP) is 3.17. The number of carbonyl (C=O) groups excluding carboxylic acids is 1. The summed E-state index contributed by atoms with van der Waals surface area (Å²) >= 11 is 4.60. The molecule has 0 saturated carbocycles. The van der Waals surface area contributed by atoms with E-state index in [9.17, 15) is 19.4 Å². The number of halogens is 2. The molecule has 4 aromatic rings. The first kappa shape index (κ1) is 23.9. The van der Waals surface area contributed by atoms with Gasteiger partial charge in [0, 0.05) is 24.7 Å². The first-order chi connectivity index (χ1) is 16.9. The van der Waals surface area contributed by atoms with Gasteiger partial charge in [0.1, 0.15) is 29.8 Å². The molecule has 1 amide bonds. The fraction of sp³-hybridized carbons (Fsp3) is 0.304. The Balaban J connectivity index is 1.39. The summed E-state index contributed by atoms with van der Waals surface area (Å²) in [5.74, 6) is -0.756. The van der Waals surface area contributed by atoms with Crippen molar-refractivity contribution >= 4 is 49.1 Å². The average molecular weight is 562 g/mol. The molecule has 2 aromatic carbocycles. The Morgan fingerprint density at radius 3 is 2.94 bits per heavy atom. The third-order valence-electron chi connectivity index (χ3n) is 6.12. The van der Waals surface area contributed by atoms with Crippen LogP contribution in [0.5, 0.6) is 0 Å². The Morgan fingerprint density at radius 1 is 1.34 bits per heavy atom. The molecular formula is C23H21BrFN5O4S. The molecule has 35 heavy (non-hydrogen) atoms. The number of fused-ring (bicyclic) bond motifs is 1. The Labute approximate surface area is 211 Å². The van der Waals surface area contributed by atoms with Crippen LogP contribution in [0.25, 0.3) is 21.5 Å². The molecule has 0 bridgehead atoms. The number of amides is 1. The highest BCUT2D eigenvalue weighted by atomic mass is 79.9. The standard InChI is InChI=1S/C23H21BrFN5O4S/c1-29(13-3-5-16-21(7-13)35-11-26-16)23(33)19-8-18(22(32)20(10-31)34-19)30-9-17(27-28-30)12-2-4-14(24)15(25)6-12/h2-7,9,11,18-20,22,31-32H,8,10H2,1H3. The summed E-state index contributed by atoms with van der Waals surface area (Å²) in [6, 6.07) is 9.44. The number of hydrogen-bond acceptors (Lipinski definition) is 8. The molecule has 182 valence electrons. The van der Waals surface area contributed by atoms with E-state index in [0.717, 1.165) is 10.2 Å². The van der Waals surface area contributed by atoms with E-state index in [0.29, 0.717) is 21.4 Å². The minimum Gasteiger partial charge on any atom is -0.394 e. The molecule has 0 spiro atoms. The summed E-state index contributed by atoms with van der Waals surface area (Å²) in [4.78, 5) is 19.1. The number of anilines is 1. The number of carbonyl (C=O) groups is 1. The highest BCUT2D eigenvalue weighted by Crippen LogP contribution is 2.33. The molecule has 1 fully saturated rings. The van der Waals surface area contributed by atoms with Gasteiger partial charge >= 0.3 is 0 Å². The smallest absolute Gasteiger partial charge is 0.255 e. The van der Waals surface area contributed by atoms with Crippen LogP contribution in [0.4, 0.5) is 10.1 Å². The van der Waals surface area contributed by atoms with Crippen LogP contribution >= 0.6 is 27.3 Å². The van der Waals surface area contributed by atoms with Crippen molar-refractivity contribution in [1.29, 1.82) is 0 Å². The summed E-state index contributed by atoms with van der Waals surface area (Å²) in [6.07, 6.45) is -1.35. The first-order valence-corrected chi connectivity index (χ1v) is 12.5. The van der Waals surface area contributed by atoms with Crippen LogP contribution in [0.3, 0.4) is 0 Å². The van der Waals surface area contributed by atoms with E-state index in [1.54, 1.807) is 37.0 Å².